The van der Waals surface area contributed by atoms with Crippen molar-refractivity contribution in [3.8, 4) is 5.75 Å². The third-order valence-corrected chi connectivity index (χ3v) is 5.93. The highest BCUT2D eigenvalue weighted by Gasteiger charge is 2.47. The zero-order chi connectivity index (χ0) is 23.0. The minimum absolute atomic E-state index is 0.0335. The molecule has 1 aromatic heterocycles. The molecule has 4 rings (SSSR count). The van der Waals surface area contributed by atoms with Crippen molar-refractivity contribution in [2.75, 3.05) is 13.7 Å². The third kappa shape index (κ3) is 3.43. The number of halogens is 1. The van der Waals surface area contributed by atoms with E-state index >= 15 is 0 Å². The number of ether oxygens (including phenoxy) is 1. The number of rotatable bonds is 6. The molecule has 1 aliphatic heterocycles. The maximum atomic E-state index is 14.0. The summed E-state index contributed by atoms with van der Waals surface area (Å²) in [6.07, 6.45) is 3.41. The fourth-order valence-electron chi connectivity index (χ4n) is 4.36. The third-order valence-electron chi connectivity index (χ3n) is 5.93. The van der Waals surface area contributed by atoms with Gasteiger partial charge in [-0.15, -0.1) is 0 Å². The molecule has 0 bridgehead atoms. The fourth-order valence-corrected chi connectivity index (χ4v) is 4.36. The molecule has 32 heavy (non-hydrogen) atoms. The average Bonchev–Trinajstić information content (AvgIpc) is 3.25. The van der Waals surface area contributed by atoms with Gasteiger partial charge in [0.2, 0.25) is 0 Å². The van der Waals surface area contributed by atoms with Crippen LogP contribution in [0.4, 0.5) is 4.39 Å². The Labute approximate surface area is 185 Å². The van der Waals surface area contributed by atoms with E-state index in [2.05, 4.69) is 0 Å². The van der Waals surface area contributed by atoms with E-state index in [1.54, 1.807) is 0 Å². The Morgan fingerprint density at radius 2 is 1.94 bits per heavy atom. The number of carbonyl (C=O) groups excluding carboxylic acids is 2. The topological polar surface area (TPSA) is 71.8 Å². The SMILES string of the molecule is CCCCN1C(=O)C(=O)/C(=C(/O)c2cc(F)ccc2OC)C1c1cn(C)c2ccccc12. The summed E-state index contributed by atoms with van der Waals surface area (Å²) in [5.74, 6) is -2.29. The minimum Gasteiger partial charge on any atom is -0.507 e. The van der Waals surface area contributed by atoms with Crippen LogP contribution < -0.4 is 4.74 Å². The number of Topliss-reactive ketones (excluding diaryl/α,β-unsaturated/α-hetero) is 1. The predicted octanol–water partition coefficient (Wildman–Crippen LogP) is 4.55. The zero-order valence-electron chi connectivity index (χ0n) is 18.3. The van der Waals surface area contributed by atoms with Crippen LogP contribution in [0.3, 0.4) is 0 Å². The molecule has 0 saturated carbocycles. The van der Waals surface area contributed by atoms with Gasteiger partial charge in [-0.25, -0.2) is 4.39 Å². The second-order valence-electron chi connectivity index (χ2n) is 7.90. The predicted molar refractivity (Wildman–Crippen MR) is 120 cm³/mol. The van der Waals surface area contributed by atoms with E-state index in [0.717, 1.165) is 29.0 Å². The zero-order valence-corrected chi connectivity index (χ0v) is 18.3. The second-order valence-corrected chi connectivity index (χ2v) is 7.90. The summed E-state index contributed by atoms with van der Waals surface area (Å²) in [7, 11) is 3.28. The molecule has 1 saturated heterocycles. The number of carbonyl (C=O) groups is 2. The Hall–Kier alpha value is -3.61. The monoisotopic (exact) mass is 436 g/mol. The number of hydrogen-bond acceptors (Lipinski definition) is 4. The fraction of sp³-hybridized carbons (Fsp3) is 0.280. The number of benzene rings is 2. The van der Waals surface area contributed by atoms with Gasteiger partial charge in [-0.05, 0) is 30.7 Å². The van der Waals surface area contributed by atoms with Crippen LogP contribution in [0, 0.1) is 5.82 Å². The Kier molecular flexibility index (Phi) is 5.74. The van der Waals surface area contributed by atoms with Crippen molar-refractivity contribution in [2.24, 2.45) is 7.05 Å². The van der Waals surface area contributed by atoms with Crippen LogP contribution in [0.2, 0.25) is 0 Å². The highest BCUT2D eigenvalue weighted by molar-refractivity contribution is 6.46. The van der Waals surface area contributed by atoms with Gasteiger partial charge in [0.05, 0.1) is 24.3 Å². The van der Waals surface area contributed by atoms with Crippen LogP contribution in [0.1, 0.15) is 36.9 Å². The van der Waals surface area contributed by atoms with E-state index in [9.17, 15) is 19.1 Å². The second kappa shape index (κ2) is 8.49. The first kappa shape index (κ1) is 21.6. The molecule has 2 aromatic carbocycles. The van der Waals surface area contributed by atoms with E-state index in [4.69, 9.17) is 4.74 Å². The van der Waals surface area contributed by atoms with Gasteiger partial charge in [0.15, 0.2) is 0 Å². The summed E-state index contributed by atoms with van der Waals surface area (Å²) < 4.78 is 21.2. The Morgan fingerprint density at radius 3 is 2.66 bits per heavy atom. The number of likely N-dealkylation sites (tertiary alicyclic amines) is 1. The number of aryl methyl sites for hydroxylation is 1. The van der Waals surface area contributed by atoms with E-state index in [-0.39, 0.29) is 16.9 Å². The number of fused-ring (bicyclic) bond motifs is 1. The van der Waals surface area contributed by atoms with E-state index in [1.807, 2.05) is 49.0 Å². The Bertz CT molecular complexity index is 1240. The summed E-state index contributed by atoms with van der Waals surface area (Å²) in [5, 5.41) is 12.1. The van der Waals surface area contributed by atoms with E-state index in [0.29, 0.717) is 13.0 Å². The average molecular weight is 436 g/mol. The van der Waals surface area contributed by atoms with Gasteiger partial charge in [0.1, 0.15) is 17.3 Å². The maximum absolute atomic E-state index is 14.0. The van der Waals surface area contributed by atoms with Crippen LogP contribution in [0.5, 0.6) is 5.75 Å². The number of aromatic nitrogens is 1. The normalized spacial score (nSPS) is 18.0. The Morgan fingerprint density at radius 1 is 1.19 bits per heavy atom. The number of ketones is 1. The van der Waals surface area contributed by atoms with Crippen molar-refractivity contribution in [3.05, 3.63) is 71.2 Å². The molecule has 1 N–H and O–H groups in total. The highest BCUT2D eigenvalue weighted by atomic mass is 19.1. The van der Waals surface area contributed by atoms with Crippen LogP contribution in [0.15, 0.2) is 54.2 Å². The Balaban J connectivity index is 1.99. The largest absolute Gasteiger partial charge is 0.507 e. The van der Waals surface area contributed by atoms with E-state index < -0.39 is 29.3 Å². The number of aliphatic hydroxyl groups is 1. The summed E-state index contributed by atoms with van der Waals surface area (Å²) in [5.41, 5.74) is 1.64. The molecule has 166 valence electrons. The van der Waals surface area contributed by atoms with Crippen LogP contribution >= 0.6 is 0 Å². The van der Waals surface area contributed by atoms with E-state index in [1.165, 1.54) is 24.1 Å². The molecule has 2 heterocycles. The molecule has 7 heteroatoms. The number of unbranched alkanes of at least 4 members (excludes halogenated alkanes) is 1. The van der Waals surface area contributed by atoms with Crippen LogP contribution in [0.25, 0.3) is 16.7 Å². The van der Waals surface area contributed by atoms with Gasteiger partial charge >= 0.3 is 0 Å². The summed E-state index contributed by atoms with van der Waals surface area (Å²) in [6.45, 7) is 2.37. The molecule has 1 fully saturated rings. The van der Waals surface area contributed by atoms with Crippen molar-refractivity contribution in [1.82, 2.24) is 9.47 Å². The molecule has 1 atom stereocenters. The van der Waals surface area contributed by atoms with Crippen molar-refractivity contribution in [1.29, 1.82) is 0 Å². The summed E-state index contributed by atoms with van der Waals surface area (Å²) >= 11 is 0. The van der Waals surface area contributed by atoms with Crippen LogP contribution in [-0.2, 0) is 16.6 Å². The molecule has 0 aliphatic carbocycles. The lowest BCUT2D eigenvalue weighted by Gasteiger charge is -2.25. The van der Waals surface area contributed by atoms with Gasteiger partial charge < -0.3 is 19.3 Å². The molecular formula is C25H25FN2O4. The first-order chi connectivity index (χ1) is 15.4. The van der Waals surface area contributed by atoms with Gasteiger partial charge in [-0.3, -0.25) is 9.59 Å². The van der Waals surface area contributed by atoms with Crippen molar-refractivity contribution >= 4 is 28.4 Å². The smallest absolute Gasteiger partial charge is 0.295 e. The van der Waals surface area contributed by atoms with Gasteiger partial charge in [0.25, 0.3) is 11.7 Å². The molecule has 6 nitrogen and oxygen atoms in total. The molecular weight excluding hydrogens is 411 g/mol. The number of nitrogens with zero attached hydrogens (tertiary/aromatic N) is 2. The standard InChI is InChI=1S/C25H25FN2O4/c1-4-5-12-28-22(18-14-27(2)19-9-7-6-8-16(18)19)21(24(30)25(28)31)23(29)17-13-15(26)10-11-20(17)32-3/h6-11,13-14,22,29H,4-5,12H2,1-3H3/b23-21+. The molecule has 0 radical (unpaired) electrons. The number of methoxy groups -OCH3 is 1. The summed E-state index contributed by atoms with van der Waals surface area (Å²) in [6, 6.07) is 10.6. The molecule has 3 aromatic rings. The lowest BCUT2D eigenvalue weighted by atomic mass is 9.94. The van der Waals surface area contributed by atoms with Gasteiger partial charge in [-0.1, -0.05) is 31.5 Å². The lowest BCUT2D eigenvalue weighted by molar-refractivity contribution is -0.139. The molecule has 0 spiro atoms. The van der Waals surface area contributed by atoms with Crippen molar-refractivity contribution < 1.29 is 23.8 Å². The number of amides is 1. The number of hydrogen-bond donors (Lipinski definition) is 1. The first-order valence-electron chi connectivity index (χ1n) is 10.5. The molecule has 1 unspecified atom stereocenters. The lowest BCUT2D eigenvalue weighted by Crippen LogP contribution is -2.30. The maximum Gasteiger partial charge on any atom is 0.295 e. The quantitative estimate of drug-likeness (QED) is 0.350. The van der Waals surface area contributed by atoms with Crippen LogP contribution in [-0.4, -0.2) is 39.9 Å². The molecule has 1 aliphatic rings. The minimum atomic E-state index is -0.791. The van der Waals surface area contributed by atoms with Gasteiger partial charge in [-0.2, -0.15) is 0 Å². The molecule has 1 amide bonds. The highest BCUT2D eigenvalue weighted by Crippen LogP contribution is 2.43. The van der Waals surface area contributed by atoms with Crippen molar-refractivity contribution in [3.63, 3.8) is 0 Å². The van der Waals surface area contributed by atoms with Crippen molar-refractivity contribution in [2.45, 2.75) is 25.8 Å². The number of aliphatic hydroxyl groups excluding tert-OH is 1. The van der Waals surface area contributed by atoms with Gasteiger partial charge in [0, 0.05) is 36.3 Å². The summed E-state index contributed by atoms with van der Waals surface area (Å²) in [4.78, 5) is 27.7. The number of para-hydroxylation sites is 1. The first-order valence-corrected chi connectivity index (χ1v) is 10.5.